The number of carbonyl (C=O) groups is 3. The number of hydrogen-bond donors (Lipinski definition) is 3. The zero-order valence-electron chi connectivity index (χ0n) is 16.3. The molecule has 3 N–H and O–H groups in total. The lowest BCUT2D eigenvalue weighted by Gasteiger charge is -2.39. The zero-order valence-corrected chi connectivity index (χ0v) is 17.0. The summed E-state index contributed by atoms with van der Waals surface area (Å²) in [6.45, 7) is 2.74. The van der Waals surface area contributed by atoms with Crippen LogP contribution in [-0.4, -0.2) is 34.2 Å². The van der Waals surface area contributed by atoms with Gasteiger partial charge >= 0.3 is 18.1 Å². The Hall–Kier alpha value is -2.88. The fourth-order valence-electron chi connectivity index (χ4n) is 3.71. The number of halogens is 5. The third-order valence-corrected chi connectivity index (χ3v) is 5.65. The number of hydrogen-bond acceptors (Lipinski definition) is 3. The molecule has 31 heavy (non-hydrogen) atoms. The van der Waals surface area contributed by atoms with E-state index in [4.69, 9.17) is 11.6 Å². The fraction of sp³-hybridized carbons (Fsp3) is 0.350. The monoisotopic (exact) mass is 463 g/mol. The highest BCUT2D eigenvalue weighted by Gasteiger charge is 2.55. The molecule has 168 valence electrons. The van der Waals surface area contributed by atoms with E-state index in [1.54, 1.807) is 5.32 Å². The predicted octanol–water partition coefficient (Wildman–Crippen LogP) is 4.27. The van der Waals surface area contributed by atoms with Gasteiger partial charge in [0.1, 0.15) is 11.2 Å². The van der Waals surface area contributed by atoms with E-state index in [1.807, 2.05) is 0 Å². The summed E-state index contributed by atoms with van der Waals surface area (Å²) >= 11 is 5.56. The van der Waals surface area contributed by atoms with Crippen LogP contribution in [0.3, 0.4) is 0 Å². The van der Waals surface area contributed by atoms with Gasteiger partial charge in [0.15, 0.2) is 6.04 Å². The second-order valence-electron chi connectivity index (χ2n) is 7.00. The third-order valence-electron chi connectivity index (χ3n) is 5.36. The Morgan fingerprint density at radius 3 is 2.29 bits per heavy atom. The molecule has 2 rings (SSSR count). The van der Waals surface area contributed by atoms with E-state index < -0.39 is 63.4 Å². The van der Waals surface area contributed by atoms with Gasteiger partial charge in [-0.25, -0.2) is 9.18 Å². The van der Waals surface area contributed by atoms with E-state index >= 15 is 0 Å². The van der Waals surface area contributed by atoms with Gasteiger partial charge in [0, 0.05) is 0 Å². The molecule has 1 aromatic carbocycles. The molecule has 0 radical (unpaired) electrons. The summed E-state index contributed by atoms with van der Waals surface area (Å²) < 4.78 is 54.5. The van der Waals surface area contributed by atoms with Crippen LogP contribution in [0, 0.1) is 17.2 Å². The summed E-state index contributed by atoms with van der Waals surface area (Å²) in [4.78, 5) is 36.8. The van der Waals surface area contributed by atoms with Crippen molar-refractivity contribution in [1.29, 1.82) is 0 Å². The van der Waals surface area contributed by atoms with E-state index in [1.165, 1.54) is 19.9 Å². The number of allylic oxidation sites excluding steroid dienone is 2. The van der Waals surface area contributed by atoms with Crippen molar-refractivity contribution in [3.05, 3.63) is 57.9 Å². The summed E-state index contributed by atoms with van der Waals surface area (Å²) in [7, 11) is 0. The first kappa shape index (κ1) is 24.4. The molecule has 6 nitrogen and oxygen atoms in total. The Morgan fingerprint density at radius 1 is 1.23 bits per heavy atom. The van der Waals surface area contributed by atoms with Crippen LogP contribution in [0.5, 0.6) is 0 Å². The first-order chi connectivity index (χ1) is 14.3. The number of nitrogens with one attached hydrogen (secondary N) is 1. The Morgan fingerprint density at radius 2 is 1.84 bits per heavy atom. The molecule has 0 aromatic heterocycles. The van der Waals surface area contributed by atoms with E-state index in [0.717, 1.165) is 12.1 Å². The summed E-state index contributed by atoms with van der Waals surface area (Å²) in [6.07, 6.45) is -3.12. The lowest BCUT2D eigenvalue weighted by Crippen LogP contribution is -2.52. The number of benzene rings is 1. The summed E-state index contributed by atoms with van der Waals surface area (Å²) in [6, 6.07) is -0.543. The van der Waals surface area contributed by atoms with Crippen molar-refractivity contribution < 1.29 is 42.2 Å². The molecule has 1 aliphatic carbocycles. The molecule has 3 unspecified atom stereocenters. The van der Waals surface area contributed by atoms with Crippen molar-refractivity contribution in [1.82, 2.24) is 5.32 Å². The standard InChI is InChI=1S/C20H18ClF4NO5/c1-3-19(18(30)31)9(2)4-6-11(17(28)29)14(19)16(27)26-15(20(23,24)25)10-5-7-13(22)12(21)8-10/h4-8,14-15H,3H2,1-2H3,(H,26,27)(H,28,29)(H,30,31). The number of alkyl halides is 3. The maximum atomic E-state index is 13.7. The van der Waals surface area contributed by atoms with Gasteiger partial charge in [0.25, 0.3) is 0 Å². The second kappa shape index (κ2) is 8.70. The third kappa shape index (κ3) is 4.43. The predicted molar refractivity (Wildman–Crippen MR) is 102 cm³/mol. The number of carboxylic acids is 2. The maximum absolute atomic E-state index is 13.7. The van der Waals surface area contributed by atoms with E-state index in [0.29, 0.717) is 12.1 Å². The van der Waals surface area contributed by atoms with Crippen LogP contribution in [0.1, 0.15) is 31.9 Å². The number of amides is 1. The normalized spacial score (nSPS) is 22.2. The Kier molecular flexibility index (Phi) is 6.84. The van der Waals surface area contributed by atoms with Crippen molar-refractivity contribution in [2.24, 2.45) is 11.3 Å². The molecule has 0 fully saturated rings. The van der Waals surface area contributed by atoms with Crippen LogP contribution in [0.2, 0.25) is 5.02 Å². The smallest absolute Gasteiger partial charge is 0.412 e. The first-order valence-corrected chi connectivity index (χ1v) is 9.32. The molecule has 1 amide bonds. The minimum Gasteiger partial charge on any atom is -0.481 e. The lowest BCUT2D eigenvalue weighted by molar-refractivity contribution is -0.167. The molecule has 3 atom stereocenters. The van der Waals surface area contributed by atoms with E-state index in [9.17, 15) is 42.2 Å². The van der Waals surface area contributed by atoms with Gasteiger partial charge in [0.2, 0.25) is 5.91 Å². The van der Waals surface area contributed by atoms with Gasteiger partial charge in [-0.05, 0) is 31.0 Å². The van der Waals surface area contributed by atoms with Gasteiger partial charge in [0.05, 0.1) is 16.5 Å². The zero-order chi connectivity index (χ0) is 23.7. The van der Waals surface area contributed by atoms with Crippen LogP contribution in [0.4, 0.5) is 17.6 Å². The summed E-state index contributed by atoms with van der Waals surface area (Å²) in [5.74, 6) is -7.57. The van der Waals surface area contributed by atoms with Crippen LogP contribution < -0.4 is 5.32 Å². The quantitative estimate of drug-likeness (QED) is 0.547. The number of carboxylic acid groups (broad SMARTS) is 2. The minimum absolute atomic E-state index is 0.112. The van der Waals surface area contributed by atoms with Gasteiger partial charge in [-0.15, -0.1) is 0 Å². The largest absolute Gasteiger partial charge is 0.481 e. The topological polar surface area (TPSA) is 104 Å². The molecule has 11 heteroatoms. The molecular weight excluding hydrogens is 446 g/mol. The fourth-order valence-corrected chi connectivity index (χ4v) is 3.90. The summed E-state index contributed by atoms with van der Waals surface area (Å²) in [5, 5.41) is 20.4. The minimum atomic E-state index is -5.07. The molecule has 0 spiro atoms. The molecule has 0 saturated carbocycles. The van der Waals surface area contributed by atoms with Crippen LogP contribution in [0.25, 0.3) is 0 Å². The molecule has 0 aliphatic heterocycles. The van der Waals surface area contributed by atoms with Crippen LogP contribution in [0.15, 0.2) is 41.5 Å². The molecule has 0 bridgehead atoms. The molecular formula is C20H18ClF4NO5. The Balaban J connectivity index is 2.59. The van der Waals surface area contributed by atoms with Crippen molar-refractivity contribution in [2.75, 3.05) is 0 Å². The average molecular weight is 464 g/mol. The van der Waals surface area contributed by atoms with Crippen LogP contribution in [-0.2, 0) is 14.4 Å². The van der Waals surface area contributed by atoms with E-state index in [2.05, 4.69) is 0 Å². The summed E-state index contributed by atoms with van der Waals surface area (Å²) in [5.41, 5.74) is -3.22. The first-order valence-electron chi connectivity index (χ1n) is 8.95. The van der Waals surface area contributed by atoms with Gasteiger partial charge < -0.3 is 15.5 Å². The highest BCUT2D eigenvalue weighted by molar-refractivity contribution is 6.30. The van der Waals surface area contributed by atoms with Gasteiger partial charge in [-0.1, -0.05) is 42.3 Å². The van der Waals surface area contributed by atoms with Crippen molar-refractivity contribution in [3.63, 3.8) is 0 Å². The van der Waals surface area contributed by atoms with E-state index in [-0.39, 0.29) is 12.0 Å². The van der Waals surface area contributed by atoms with Crippen molar-refractivity contribution >= 4 is 29.4 Å². The number of carbonyl (C=O) groups excluding carboxylic acids is 1. The maximum Gasteiger partial charge on any atom is 0.412 e. The average Bonchev–Trinajstić information content (AvgIpc) is 2.66. The SMILES string of the molecule is CCC1(C(=O)O)C(C)=CC=C(C(=O)O)C1C(=O)NC(c1ccc(F)c(Cl)c1)C(F)(F)F. The highest BCUT2D eigenvalue weighted by atomic mass is 35.5. The highest BCUT2D eigenvalue weighted by Crippen LogP contribution is 2.47. The Labute approximate surface area is 179 Å². The lowest BCUT2D eigenvalue weighted by atomic mass is 9.62. The Bertz CT molecular complexity index is 988. The second-order valence-corrected chi connectivity index (χ2v) is 7.40. The van der Waals surface area contributed by atoms with Gasteiger partial charge in [-0.3, -0.25) is 9.59 Å². The molecule has 0 saturated heterocycles. The molecule has 1 aromatic rings. The van der Waals surface area contributed by atoms with Crippen molar-refractivity contribution in [3.8, 4) is 0 Å². The molecule has 0 heterocycles. The molecule has 1 aliphatic rings. The van der Waals surface area contributed by atoms with Gasteiger partial charge in [-0.2, -0.15) is 13.2 Å². The number of rotatable bonds is 6. The van der Waals surface area contributed by atoms with Crippen molar-refractivity contribution in [2.45, 2.75) is 32.5 Å². The van der Waals surface area contributed by atoms with Crippen LogP contribution >= 0.6 is 11.6 Å². The number of aliphatic carboxylic acids is 2.